The van der Waals surface area contributed by atoms with E-state index in [-0.39, 0.29) is 17.6 Å². The number of carbonyl (C=O) groups is 1. The minimum absolute atomic E-state index is 0.00821. The summed E-state index contributed by atoms with van der Waals surface area (Å²) in [7, 11) is 1.68. The Hall–Kier alpha value is -2.32. The highest BCUT2D eigenvalue weighted by molar-refractivity contribution is 5.73. The van der Waals surface area contributed by atoms with Crippen LogP contribution in [0.1, 0.15) is 25.3 Å². The number of nitrogens with zero attached hydrogens (tertiary/aromatic N) is 3. The van der Waals surface area contributed by atoms with Crippen LogP contribution in [0.2, 0.25) is 0 Å². The molecule has 0 radical (unpaired) electrons. The molecule has 6 nitrogen and oxygen atoms in total. The molecule has 0 aromatic heterocycles. The van der Waals surface area contributed by atoms with Crippen molar-refractivity contribution < 1.29 is 22.9 Å². The molecule has 1 heterocycles. The number of amides is 1. The number of piperidine rings is 1. The highest BCUT2D eigenvalue weighted by Gasteiger charge is 2.37. The molecule has 0 N–H and O–H groups in total. The lowest BCUT2D eigenvalue weighted by atomic mass is 10.0. The fraction of sp³-hybridized carbons (Fsp3) is 0.533. The van der Waals surface area contributed by atoms with Crippen molar-refractivity contribution in [1.82, 2.24) is 4.90 Å². The topological polar surface area (TPSA) is 66.7 Å². The molecule has 0 bridgehead atoms. The third kappa shape index (κ3) is 3.77. The van der Waals surface area contributed by atoms with Crippen LogP contribution in [0.5, 0.6) is 0 Å². The second-order valence-corrected chi connectivity index (χ2v) is 5.80. The normalized spacial score (nSPS) is 16.1. The molecule has 132 valence electrons. The van der Waals surface area contributed by atoms with Gasteiger partial charge in [-0.2, -0.15) is 13.2 Å². The SMILES string of the molecule is CC(=O)N(C)C1CCN(c2ccc([N+](=O)[O-])cc2C(F)(F)F)CC1. The molecule has 24 heavy (non-hydrogen) atoms. The largest absolute Gasteiger partial charge is 0.418 e. The zero-order chi connectivity index (χ0) is 18.1. The summed E-state index contributed by atoms with van der Waals surface area (Å²) in [6, 6.07) is 2.79. The van der Waals surface area contributed by atoms with Gasteiger partial charge in [0.15, 0.2) is 0 Å². The number of alkyl halides is 3. The first-order valence-corrected chi connectivity index (χ1v) is 7.45. The average molecular weight is 345 g/mol. The van der Waals surface area contributed by atoms with E-state index < -0.39 is 22.4 Å². The van der Waals surface area contributed by atoms with Gasteiger partial charge in [-0.15, -0.1) is 0 Å². The van der Waals surface area contributed by atoms with Crippen LogP contribution in [0.25, 0.3) is 0 Å². The monoisotopic (exact) mass is 345 g/mol. The standard InChI is InChI=1S/C15H18F3N3O3/c1-10(22)19(2)11-5-7-20(8-6-11)14-4-3-12(21(23)24)9-13(14)15(16,17)18/h3-4,9,11H,5-8H2,1-2H3. The van der Waals surface area contributed by atoms with E-state index >= 15 is 0 Å². The Labute approximate surface area is 137 Å². The van der Waals surface area contributed by atoms with Gasteiger partial charge in [0.1, 0.15) is 0 Å². The number of benzene rings is 1. The van der Waals surface area contributed by atoms with Crippen molar-refractivity contribution in [1.29, 1.82) is 0 Å². The molecule has 2 rings (SSSR count). The number of nitro benzene ring substituents is 1. The number of anilines is 1. The van der Waals surface area contributed by atoms with Gasteiger partial charge in [-0.3, -0.25) is 14.9 Å². The minimum Gasteiger partial charge on any atom is -0.371 e. The number of rotatable bonds is 3. The van der Waals surface area contributed by atoms with Gasteiger partial charge in [-0.1, -0.05) is 0 Å². The molecule has 1 fully saturated rings. The van der Waals surface area contributed by atoms with Crippen LogP contribution in [0.3, 0.4) is 0 Å². The Morgan fingerprint density at radius 2 is 1.92 bits per heavy atom. The second-order valence-electron chi connectivity index (χ2n) is 5.80. The van der Waals surface area contributed by atoms with E-state index in [4.69, 9.17) is 0 Å². The Balaban J connectivity index is 2.24. The van der Waals surface area contributed by atoms with E-state index in [1.165, 1.54) is 6.92 Å². The molecule has 0 spiro atoms. The summed E-state index contributed by atoms with van der Waals surface area (Å²) >= 11 is 0. The van der Waals surface area contributed by atoms with Crippen molar-refractivity contribution in [3.8, 4) is 0 Å². The summed E-state index contributed by atoms with van der Waals surface area (Å²) in [5.41, 5.74) is -1.65. The third-order valence-electron chi connectivity index (χ3n) is 4.35. The third-order valence-corrected chi connectivity index (χ3v) is 4.35. The zero-order valence-corrected chi connectivity index (χ0v) is 13.3. The molecular weight excluding hydrogens is 327 g/mol. The summed E-state index contributed by atoms with van der Waals surface area (Å²) in [6.07, 6.45) is -3.58. The van der Waals surface area contributed by atoms with Gasteiger partial charge in [-0.25, -0.2) is 0 Å². The van der Waals surface area contributed by atoms with E-state index in [2.05, 4.69) is 0 Å². The quantitative estimate of drug-likeness (QED) is 0.624. The fourth-order valence-electron chi connectivity index (χ4n) is 2.89. The Bertz CT molecular complexity index is 641. The highest BCUT2D eigenvalue weighted by atomic mass is 19.4. The number of non-ortho nitro benzene ring substituents is 1. The van der Waals surface area contributed by atoms with E-state index in [0.29, 0.717) is 32.0 Å². The predicted molar refractivity (Wildman–Crippen MR) is 81.8 cm³/mol. The van der Waals surface area contributed by atoms with Crippen molar-refractivity contribution in [3.63, 3.8) is 0 Å². The Morgan fingerprint density at radius 1 is 1.33 bits per heavy atom. The highest BCUT2D eigenvalue weighted by Crippen LogP contribution is 2.39. The second kappa shape index (κ2) is 6.66. The molecule has 9 heteroatoms. The Kier molecular flexibility index (Phi) is 5.00. The van der Waals surface area contributed by atoms with E-state index in [1.807, 2.05) is 0 Å². The first-order chi connectivity index (χ1) is 11.1. The molecule has 0 unspecified atom stereocenters. The summed E-state index contributed by atoms with van der Waals surface area (Å²) < 4.78 is 39.8. The van der Waals surface area contributed by atoms with Crippen molar-refractivity contribution >= 4 is 17.3 Å². The van der Waals surface area contributed by atoms with Gasteiger partial charge in [0.2, 0.25) is 5.91 Å². The molecule has 1 aliphatic heterocycles. The van der Waals surface area contributed by atoms with Crippen molar-refractivity contribution in [2.24, 2.45) is 0 Å². The van der Waals surface area contributed by atoms with Gasteiger partial charge in [-0.05, 0) is 18.9 Å². The summed E-state index contributed by atoms with van der Waals surface area (Å²) in [5, 5.41) is 10.7. The Morgan fingerprint density at radius 3 is 2.38 bits per heavy atom. The minimum atomic E-state index is -4.67. The van der Waals surface area contributed by atoms with Gasteiger partial charge in [0, 0.05) is 50.9 Å². The van der Waals surface area contributed by atoms with E-state index in [0.717, 1.165) is 12.1 Å². The van der Waals surface area contributed by atoms with Crippen molar-refractivity contribution in [3.05, 3.63) is 33.9 Å². The average Bonchev–Trinajstić information content (AvgIpc) is 2.52. The molecular formula is C15H18F3N3O3. The number of halogens is 3. The summed E-state index contributed by atoms with van der Waals surface area (Å²) in [6.45, 7) is 2.15. The molecule has 1 aromatic carbocycles. The van der Waals surface area contributed by atoms with Crippen molar-refractivity contribution in [2.45, 2.75) is 32.0 Å². The molecule has 1 aliphatic rings. The predicted octanol–water partition coefficient (Wildman–Crippen LogP) is 3.06. The number of hydrogen-bond donors (Lipinski definition) is 0. The smallest absolute Gasteiger partial charge is 0.371 e. The number of nitro groups is 1. The van der Waals surface area contributed by atoms with Crippen LogP contribution in [-0.4, -0.2) is 41.9 Å². The van der Waals surface area contributed by atoms with Crippen molar-refractivity contribution in [2.75, 3.05) is 25.0 Å². The molecule has 0 saturated carbocycles. The van der Waals surface area contributed by atoms with Crippen LogP contribution in [0.15, 0.2) is 18.2 Å². The van der Waals surface area contributed by atoms with Gasteiger partial charge < -0.3 is 9.80 Å². The molecule has 0 atom stereocenters. The van der Waals surface area contributed by atoms with Crippen LogP contribution in [-0.2, 0) is 11.0 Å². The van der Waals surface area contributed by atoms with Crippen LogP contribution >= 0.6 is 0 Å². The molecule has 1 amide bonds. The molecule has 1 saturated heterocycles. The van der Waals surface area contributed by atoms with Gasteiger partial charge in [0.05, 0.1) is 10.5 Å². The summed E-state index contributed by atoms with van der Waals surface area (Å²) in [5.74, 6) is -0.0835. The first-order valence-electron chi connectivity index (χ1n) is 7.45. The molecule has 1 aromatic rings. The maximum atomic E-state index is 13.3. The number of hydrogen-bond acceptors (Lipinski definition) is 4. The van der Waals surface area contributed by atoms with Gasteiger partial charge >= 0.3 is 6.18 Å². The number of carbonyl (C=O) groups excluding carboxylic acids is 1. The van der Waals surface area contributed by atoms with Crippen LogP contribution < -0.4 is 4.90 Å². The van der Waals surface area contributed by atoms with E-state index in [1.54, 1.807) is 16.8 Å². The lowest BCUT2D eigenvalue weighted by Gasteiger charge is -2.38. The maximum absolute atomic E-state index is 13.3. The van der Waals surface area contributed by atoms with Gasteiger partial charge in [0.25, 0.3) is 5.69 Å². The lowest BCUT2D eigenvalue weighted by Crippen LogP contribution is -2.45. The maximum Gasteiger partial charge on any atom is 0.418 e. The van der Waals surface area contributed by atoms with Crippen LogP contribution in [0.4, 0.5) is 24.5 Å². The summed E-state index contributed by atoms with van der Waals surface area (Å²) in [4.78, 5) is 24.4. The first kappa shape index (κ1) is 18.0. The lowest BCUT2D eigenvalue weighted by molar-refractivity contribution is -0.385. The van der Waals surface area contributed by atoms with E-state index in [9.17, 15) is 28.1 Å². The molecule has 0 aliphatic carbocycles. The van der Waals surface area contributed by atoms with Crippen LogP contribution in [0, 0.1) is 10.1 Å². The zero-order valence-electron chi connectivity index (χ0n) is 13.3. The fourth-order valence-corrected chi connectivity index (χ4v) is 2.89.